The van der Waals surface area contributed by atoms with Gasteiger partial charge in [-0.1, -0.05) is 15.9 Å². The third-order valence-electron chi connectivity index (χ3n) is 4.47. The van der Waals surface area contributed by atoms with Crippen molar-refractivity contribution in [2.75, 3.05) is 0 Å². The van der Waals surface area contributed by atoms with Crippen LogP contribution in [0.15, 0.2) is 64.5 Å². The third-order valence-corrected chi connectivity index (χ3v) is 4.97. The topological polar surface area (TPSA) is 94.7 Å². The molecule has 0 saturated heterocycles. The molecule has 0 spiro atoms. The van der Waals surface area contributed by atoms with Gasteiger partial charge in [0.2, 0.25) is 5.91 Å². The number of hydrogen-bond acceptors (Lipinski definition) is 5. The maximum Gasteiger partial charge on any atom is 0.261 e. The van der Waals surface area contributed by atoms with Crippen LogP contribution in [0.3, 0.4) is 0 Å². The summed E-state index contributed by atoms with van der Waals surface area (Å²) in [6, 6.07) is 9.00. The molecule has 146 valence electrons. The van der Waals surface area contributed by atoms with Crippen molar-refractivity contribution in [1.82, 2.24) is 29.4 Å². The van der Waals surface area contributed by atoms with Crippen LogP contribution in [-0.4, -0.2) is 30.0 Å². The van der Waals surface area contributed by atoms with Crippen molar-refractivity contribution >= 4 is 32.7 Å². The van der Waals surface area contributed by atoms with Gasteiger partial charge in [-0.25, -0.2) is 15.0 Å². The molecule has 0 saturated carbocycles. The predicted octanol–water partition coefficient (Wildman–Crippen LogP) is 2.36. The van der Waals surface area contributed by atoms with Gasteiger partial charge >= 0.3 is 0 Å². The summed E-state index contributed by atoms with van der Waals surface area (Å²) in [4.78, 5) is 37.8. The minimum absolute atomic E-state index is 0.104. The summed E-state index contributed by atoms with van der Waals surface area (Å²) in [5.41, 5.74) is 1.23. The number of hydrogen-bond donors (Lipinski definition) is 1. The van der Waals surface area contributed by atoms with Gasteiger partial charge in [-0.15, -0.1) is 0 Å². The molecule has 0 aliphatic carbocycles. The Balaban J connectivity index is 1.46. The molecule has 0 bridgehead atoms. The van der Waals surface area contributed by atoms with Gasteiger partial charge in [0.25, 0.3) is 5.56 Å². The summed E-state index contributed by atoms with van der Waals surface area (Å²) in [5, 5.41) is 3.30. The van der Waals surface area contributed by atoms with Crippen molar-refractivity contribution < 1.29 is 4.79 Å². The average Bonchev–Trinajstić information content (AvgIpc) is 3.15. The Morgan fingerprint density at radius 2 is 2.00 bits per heavy atom. The Labute approximate surface area is 174 Å². The number of carbonyl (C=O) groups is 1. The largest absolute Gasteiger partial charge is 0.350 e. The maximum absolute atomic E-state index is 12.6. The number of halogens is 1. The van der Waals surface area contributed by atoms with Crippen LogP contribution in [0.1, 0.15) is 11.4 Å². The number of carbonyl (C=O) groups excluding carboxylic acids is 1. The van der Waals surface area contributed by atoms with E-state index >= 15 is 0 Å². The lowest BCUT2D eigenvalue weighted by Crippen LogP contribution is -2.32. The van der Waals surface area contributed by atoms with E-state index in [2.05, 4.69) is 36.2 Å². The van der Waals surface area contributed by atoms with Crippen molar-refractivity contribution in [1.29, 1.82) is 0 Å². The zero-order valence-electron chi connectivity index (χ0n) is 15.5. The molecule has 29 heavy (non-hydrogen) atoms. The lowest BCUT2D eigenvalue weighted by atomic mass is 10.2. The fraction of sp³-hybridized carbons (Fsp3) is 0.150. The monoisotopic (exact) mass is 452 g/mol. The number of amides is 1. The van der Waals surface area contributed by atoms with Crippen LogP contribution in [0.25, 0.3) is 16.7 Å². The molecule has 9 heteroatoms. The molecule has 0 aliphatic rings. The summed E-state index contributed by atoms with van der Waals surface area (Å²) in [6.45, 7) is 2.11. The minimum atomic E-state index is -0.277. The van der Waals surface area contributed by atoms with Crippen molar-refractivity contribution in [2.24, 2.45) is 0 Å². The zero-order valence-corrected chi connectivity index (χ0v) is 17.1. The van der Waals surface area contributed by atoms with Crippen LogP contribution in [0, 0.1) is 6.92 Å². The van der Waals surface area contributed by atoms with E-state index in [9.17, 15) is 9.59 Å². The Hall–Kier alpha value is -3.33. The maximum atomic E-state index is 12.6. The van der Waals surface area contributed by atoms with E-state index in [1.165, 1.54) is 10.9 Å². The smallest absolute Gasteiger partial charge is 0.261 e. The van der Waals surface area contributed by atoms with Crippen molar-refractivity contribution in [3.05, 3.63) is 81.5 Å². The second-order valence-electron chi connectivity index (χ2n) is 6.48. The molecule has 4 aromatic rings. The van der Waals surface area contributed by atoms with Gasteiger partial charge in [-0.05, 0) is 42.8 Å². The number of nitrogens with one attached hydrogen (secondary N) is 1. The van der Waals surface area contributed by atoms with E-state index in [0.717, 1.165) is 21.7 Å². The molecular weight excluding hydrogens is 436 g/mol. The van der Waals surface area contributed by atoms with Gasteiger partial charge in [0, 0.05) is 29.6 Å². The Kier molecular flexibility index (Phi) is 5.22. The van der Waals surface area contributed by atoms with Gasteiger partial charge in [0.05, 0.1) is 17.2 Å². The van der Waals surface area contributed by atoms with Gasteiger partial charge < -0.3 is 5.32 Å². The SMILES string of the molecule is Cc1nccn1-c1cc(CNC(=O)Cn2cnc3ccc(Br)cc3c2=O)ccn1. The number of pyridine rings is 1. The third kappa shape index (κ3) is 4.09. The molecule has 0 unspecified atom stereocenters. The van der Waals surface area contributed by atoms with Crippen LogP contribution >= 0.6 is 15.9 Å². The second kappa shape index (κ2) is 7.96. The Morgan fingerprint density at radius 1 is 1.14 bits per heavy atom. The number of aromatic nitrogens is 5. The van der Waals surface area contributed by atoms with E-state index in [1.807, 2.05) is 35.9 Å². The van der Waals surface area contributed by atoms with E-state index in [0.29, 0.717) is 17.4 Å². The molecular formula is C20H17BrN6O2. The molecule has 1 amide bonds. The lowest BCUT2D eigenvalue weighted by molar-refractivity contribution is -0.121. The highest BCUT2D eigenvalue weighted by atomic mass is 79.9. The molecule has 1 N–H and O–H groups in total. The molecule has 4 rings (SSSR count). The molecule has 0 radical (unpaired) electrons. The highest BCUT2D eigenvalue weighted by Crippen LogP contribution is 2.14. The first kappa shape index (κ1) is 19.0. The molecule has 8 nitrogen and oxygen atoms in total. The van der Waals surface area contributed by atoms with Crippen molar-refractivity contribution in [3.8, 4) is 5.82 Å². The zero-order chi connectivity index (χ0) is 20.4. The van der Waals surface area contributed by atoms with E-state index in [4.69, 9.17) is 0 Å². The fourth-order valence-electron chi connectivity index (χ4n) is 2.98. The quantitative estimate of drug-likeness (QED) is 0.501. The number of imidazole rings is 1. The second-order valence-corrected chi connectivity index (χ2v) is 7.40. The van der Waals surface area contributed by atoms with Gasteiger partial charge in [-0.3, -0.25) is 18.7 Å². The minimum Gasteiger partial charge on any atom is -0.350 e. The number of rotatable bonds is 5. The summed E-state index contributed by atoms with van der Waals surface area (Å²) in [7, 11) is 0. The van der Waals surface area contributed by atoms with Crippen LogP contribution in [0.5, 0.6) is 0 Å². The van der Waals surface area contributed by atoms with Crippen LogP contribution < -0.4 is 10.9 Å². The first-order valence-corrected chi connectivity index (χ1v) is 9.67. The molecule has 3 aromatic heterocycles. The molecule has 0 aliphatic heterocycles. The van der Waals surface area contributed by atoms with E-state index in [-0.39, 0.29) is 18.0 Å². The molecule has 1 aromatic carbocycles. The van der Waals surface area contributed by atoms with Crippen molar-refractivity contribution in [3.63, 3.8) is 0 Å². The standard InChI is InChI=1S/C20H17BrN6O2/c1-13-22-6-7-27(13)18-8-14(4-5-23-18)10-24-19(28)11-26-12-25-17-3-2-15(21)9-16(17)20(26)29/h2-9,12H,10-11H2,1H3,(H,24,28). The molecule has 0 atom stereocenters. The fourth-order valence-corrected chi connectivity index (χ4v) is 3.34. The predicted molar refractivity (Wildman–Crippen MR) is 112 cm³/mol. The van der Waals surface area contributed by atoms with Crippen LogP contribution in [0.2, 0.25) is 0 Å². The van der Waals surface area contributed by atoms with E-state index < -0.39 is 0 Å². The first-order chi connectivity index (χ1) is 14.0. The molecule has 0 fully saturated rings. The molecule has 3 heterocycles. The van der Waals surface area contributed by atoms with Gasteiger partial charge in [0.15, 0.2) is 0 Å². The highest BCUT2D eigenvalue weighted by molar-refractivity contribution is 9.10. The summed E-state index contributed by atoms with van der Waals surface area (Å²) in [5.74, 6) is 1.28. The Bertz CT molecular complexity index is 1260. The number of nitrogens with zero attached hydrogens (tertiary/aromatic N) is 5. The summed E-state index contributed by atoms with van der Waals surface area (Å²) in [6.07, 6.45) is 6.62. The highest BCUT2D eigenvalue weighted by Gasteiger charge is 2.09. The summed E-state index contributed by atoms with van der Waals surface area (Å²) >= 11 is 3.35. The lowest BCUT2D eigenvalue weighted by Gasteiger charge is -2.10. The normalized spacial score (nSPS) is 11.0. The van der Waals surface area contributed by atoms with E-state index in [1.54, 1.807) is 24.5 Å². The Morgan fingerprint density at radius 3 is 2.79 bits per heavy atom. The average molecular weight is 453 g/mol. The number of fused-ring (bicyclic) bond motifs is 1. The number of aryl methyl sites for hydroxylation is 1. The van der Waals surface area contributed by atoms with Crippen LogP contribution in [-0.2, 0) is 17.9 Å². The van der Waals surface area contributed by atoms with Crippen molar-refractivity contribution in [2.45, 2.75) is 20.0 Å². The summed E-state index contributed by atoms with van der Waals surface area (Å²) < 4.78 is 3.95. The van der Waals surface area contributed by atoms with Gasteiger partial charge in [-0.2, -0.15) is 0 Å². The number of benzene rings is 1. The van der Waals surface area contributed by atoms with Gasteiger partial charge in [0.1, 0.15) is 18.2 Å². The van der Waals surface area contributed by atoms with Crippen LogP contribution in [0.4, 0.5) is 0 Å². The first-order valence-electron chi connectivity index (χ1n) is 8.88.